The number of carbonyl (C=O) groups is 5. The average Bonchev–Trinajstić information content (AvgIpc) is 3.71. The van der Waals surface area contributed by atoms with E-state index in [0.29, 0.717) is 39.1 Å². The Kier molecular flexibility index (Phi) is 10.3. The highest BCUT2D eigenvalue weighted by Crippen LogP contribution is 2.56. The number of hydrogen-bond donors (Lipinski definition) is 2. The van der Waals surface area contributed by atoms with Crippen molar-refractivity contribution in [2.75, 3.05) is 24.5 Å². The van der Waals surface area contributed by atoms with Crippen LogP contribution in [0.15, 0.2) is 54.6 Å². The van der Waals surface area contributed by atoms with Gasteiger partial charge in [-0.25, -0.2) is 4.85 Å². The zero-order chi connectivity index (χ0) is 41.1. The van der Waals surface area contributed by atoms with Crippen LogP contribution in [0.5, 0.6) is 5.75 Å². The number of rotatable bonds is 10. The second-order valence-corrected chi connectivity index (χ2v) is 18.1. The molecule has 0 aromatic heterocycles. The zero-order valence-corrected chi connectivity index (χ0v) is 34.2. The van der Waals surface area contributed by atoms with Crippen LogP contribution in [0.2, 0.25) is 5.02 Å². The van der Waals surface area contributed by atoms with Crippen LogP contribution in [0.25, 0.3) is 4.85 Å². The Labute approximate surface area is 344 Å². The van der Waals surface area contributed by atoms with Crippen molar-refractivity contribution in [3.63, 3.8) is 0 Å². The molecule has 3 aromatic carbocycles. The molecule has 3 fully saturated rings. The summed E-state index contributed by atoms with van der Waals surface area (Å²) in [5, 5.41) is 5.89. The monoisotopic (exact) mass is 804 g/mol. The van der Waals surface area contributed by atoms with Crippen LogP contribution in [0.4, 0.5) is 11.4 Å². The molecule has 0 radical (unpaired) electrons. The van der Waals surface area contributed by atoms with Gasteiger partial charge in [0.1, 0.15) is 17.9 Å². The van der Waals surface area contributed by atoms with Gasteiger partial charge in [0.05, 0.1) is 22.7 Å². The minimum Gasteiger partial charge on any atom is -0.489 e. The average molecular weight is 805 g/mol. The molecule has 1 saturated carbocycles. The summed E-state index contributed by atoms with van der Waals surface area (Å²) in [5.41, 5.74) is 4.22. The number of hydrogen-bond acceptors (Lipinski definition) is 8. The molecule has 2 N–H and O–H groups in total. The summed E-state index contributed by atoms with van der Waals surface area (Å²) in [6.07, 6.45) is 4.49. The molecule has 1 atom stereocenters. The third-order valence-electron chi connectivity index (χ3n) is 13.2. The lowest BCUT2D eigenvalue weighted by Crippen LogP contribution is -2.74. The van der Waals surface area contributed by atoms with Crippen molar-refractivity contribution in [2.45, 2.75) is 97.5 Å². The first-order valence-electron chi connectivity index (χ1n) is 20.2. The summed E-state index contributed by atoms with van der Waals surface area (Å²) in [4.78, 5) is 73.3. The molecule has 4 aliphatic heterocycles. The fourth-order valence-electron chi connectivity index (χ4n) is 10.3. The first kappa shape index (κ1) is 39.6. The maximum absolute atomic E-state index is 13.5. The molecule has 5 aliphatic rings. The van der Waals surface area contributed by atoms with Gasteiger partial charge in [-0.1, -0.05) is 45.4 Å². The number of benzene rings is 3. The standard InChI is InChI=1S/C45H49ClN6O6/c1-44(2)42(45(3,4)43(44)58-31-12-13-35(47-5)34(46)23-31)49-38(54)27-8-10-30(11-9-27)51-19-16-26(17-20-51)7-6-18-50-24-28-21-32-33(22-29(28)25-50)41(57)52(40(32)56)36-14-15-37(53)48-39(36)55/h8-13,21-23,26,36,42-43H,6-7,14-20,24-25H2,1-4H3,(H,49,54)(H,48,53,55)/t36-,42?,43?/m1/s1. The Morgan fingerprint density at radius 3 is 2.14 bits per heavy atom. The van der Waals surface area contributed by atoms with Gasteiger partial charge in [0.2, 0.25) is 17.5 Å². The first-order chi connectivity index (χ1) is 27.6. The predicted molar refractivity (Wildman–Crippen MR) is 219 cm³/mol. The van der Waals surface area contributed by atoms with Gasteiger partial charge in [0.25, 0.3) is 17.7 Å². The highest BCUT2D eigenvalue weighted by molar-refractivity contribution is 6.33. The van der Waals surface area contributed by atoms with Gasteiger partial charge < -0.3 is 15.0 Å². The second kappa shape index (κ2) is 15.2. The lowest BCUT2D eigenvalue weighted by Gasteiger charge is -2.63. The summed E-state index contributed by atoms with van der Waals surface area (Å²) in [6, 6.07) is 15.6. The lowest BCUT2D eigenvalue weighted by molar-refractivity contribution is -0.164. The SMILES string of the molecule is [C-]#[N+]c1ccc(OC2C(C)(C)C(NC(=O)c3ccc(N4CCC(CCCN5Cc6cc7c(cc6C5)C(=O)N([C@@H]5CCC(=O)NC5=O)C7=O)CC4)cc3)C2(C)C)cc1Cl. The number of nitrogens with zero attached hydrogens (tertiary/aromatic N) is 4. The Balaban J connectivity index is 0.778. The third kappa shape index (κ3) is 7.13. The van der Waals surface area contributed by atoms with Crippen molar-refractivity contribution in [3.05, 3.63) is 98.9 Å². The van der Waals surface area contributed by atoms with Crippen molar-refractivity contribution < 1.29 is 28.7 Å². The molecule has 5 amide bonds. The number of amides is 5. The number of ether oxygens (including phenoxy) is 1. The predicted octanol–water partition coefficient (Wildman–Crippen LogP) is 6.92. The normalized spacial score (nSPS) is 23.8. The minimum absolute atomic E-state index is 0.100. The third-order valence-corrected chi connectivity index (χ3v) is 13.5. The summed E-state index contributed by atoms with van der Waals surface area (Å²) in [5.74, 6) is -0.769. The van der Waals surface area contributed by atoms with E-state index in [-0.39, 0.29) is 47.6 Å². The Morgan fingerprint density at radius 1 is 0.914 bits per heavy atom. The Bertz CT molecular complexity index is 2180. The summed E-state index contributed by atoms with van der Waals surface area (Å²) in [7, 11) is 0. The molecule has 0 spiro atoms. The number of imide groups is 2. The highest BCUT2D eigenvalue weighted by atomic mass is 35.5. The van der Waals surface area contributed by atoms with Gasteiger partial charge in [-0.2, -0.15) is 0 Å². The van der Waals surface area contributed by atoms with Crippen molar-refractivity contribution in [3.8, 4) is 5.75 Å². The molecule has 4 heterocycles. The molecular weight excluding hydrogens is 756 g/mol. The van der Waals surface area contributed by atoms with Gasteiger partial charge in [-0.15, -0.1) is 0 Å². The summed E-state index contributed by atoms with van der Waals surface area (Å²) < 4.78 is 6.39. The molecule has 302 valence electrons. The molecule has 1 aliphatic carbocycles. The molecule has 3 aromatic rings. The number of carbonyl (C=O) groups excluding carboxylic acids is 5. The lowest BCUT2D eigenvalue weighted by atomic mass is 9.49. The maximum Gasteiger partial charge on any atom is 0.262 e. The van der Waals surface area contributed by atoms with Gasteiger partial charge in [-0.05, 0) is 104 Å². The molecule has 0 bridgehead atoms. The Hall–Kier alpha value is -5.25. The fraction of sp³-hybridized carbons (Fsp3) is 0.467. The van der Waals surface area contributed by atoms with Gasteiger partial charge in [0.15, 0.2) is 0 Å². The van der Waals surface area contributed by atoms with Crippen molar-refractivity contribution in [2.24, 2.45) is 16.7 Å². The molecule has 12 nitrogen and oxygen atoms in total. The topological polar surface area (TPSA) is 133 Å². The van der Waals surface area contributed by atoms with Crippen molar-refractivity contribution in [1.82, 2.24) is 20.4 Å². The van der Waals surface area contributed by atoms with Crippen molar-refractivity contribution >= 4 is 52.5 Å². The maximum atomic E-state index is 13.5. The number of nitrogens with one attached hydrogen (secondary N) is 2. The van der Waals surface area contributed by atoms with E-state index in [2.05, 4.69) is 53.0 Å². The molecular formula is C45H49ClN6O6. The second-order valence-electron chi connectivity index (χ2n) is 17.7. The molecule has 58 heavy (non-hydrogen) atoms. The highest BCUT2D eigenvalue weighted by Gasteiger charge is 2.64. The van der Waals surface area contributed by atoms with Crippen LogP contribution in [-0.4, -0.2) is 77.2 Å². The molecule has 8 rings (SSSR count). The van der Waals surface area contributed by atoms with Gasteiger partial charge >= 0.3 is 0 Å². The van der Waals surface area contributed by atoms with Crippen LogP contribution in [0.3, 0.4) is 0 Å². The molecule has 2 saturated heterocycles. The first-order valence-corrected chi connectivity index (χ1v) is 20.6. The smallest absolute Gasteiger partial charge is 0.262 e. The molecule has 13 heteroatoms. The van der Waals surface area contributed by atoms with Crippen LogP contribution in [0, 0.1) is 23.3 Å². The Morgan fingerprint density at radius 2 is 1.55 bits per heavy atom. The zero-order valence-electron chi connectivity index (χ0n) is 33.4. The van der Waals surface area contributed by atoms with Crippen LogP contribution < -0.4 is 20.3 Å². The molecule has 0 unspecified atom stereocenters. The minimum atomic E-state index is -0.957. The van der Waals surface area contributed by atoms with Gasteiger partial charge in [-0.3, -0.25) is 39.1 Å². The van der Waals surface area contributed by atoms with Crippen molar-refractivity contribution in [1.29, 1.82) is 0 Å². The van der Waals surface area contributed by atoms with E-state index in [1.165, 1.54) is 0 Å². The van der Waals surface area contributed by atoms with Gasteiger partial charge in [0, 0.05) is 60.7 Å². The van der Waals surface area contributed by atoms with E-state index in [0.717, 1.165) is 80.1 Å². The van der Waals surface area contributed by atoms with E-state index in [9.17, 15) is 24.0 Å². The van der Waals surface area contributed by atoms with E-state index in [1.54, 1.807) is 18.2 Å². The van der Waals surface area contributed by atoms with E-state index in [1.807, 2.05) is 36.4 Å². The number of piperidine rings is 2. The fourth-order valence-corrected chi connectivity index (χ4v) is 10.5. The number of anilines is 1. The van der Waals surface area contributed by atoms with Crippen LogP contribution in [0.1, 0.15) is 108 Å². The van der Waals surface area contributed by atoms with Crippen LogP contribution in [-0.2, 0) is 22.7 Å². The number of fused-ring (bicyclic) bond motifs is 2. The number of halogens is 1. The van der Waals surface area contributed by atoms with E-state index < -0.39 is 23.8 Å². The summed E-state index contributed by atoms with van der Waals surface area (Å²) >= 11 is 6.26. The van der Waals surface area contributed by atoms with E-state index in [4.69, 9.17) is 22.9 Å². The summed E-state index contributed by atoms with van der Waals surface area (Å²) in [6.45, 7) is 19.9. The van der Waals surface area contributed by atoms with E-state index >= 15 is 0 Å². The largest absolute Gasteiger partial charge is 0.489 e. The van der Waals surface area contributed by atoms with Crippen LogP contribution >= 0.6 is 11.6 Å². The quantitative estimate of drug-likeness (QED) is 0.167.